The lowest BCUT2D eigenvalue weighted by Gasteiger charge is -2.29. The Bertz CT molecular complexity index is 1130. The van der Waals surface area contributed by atoms with Gasteiger partial charge in [0.15, 0.2) is 0 Å². The van der Waals surface area contributed by atoms with E-state index in [0.717, 1.165) is 6.07 Å². The molecule has 1 aliphatic heterocycles. The van der Waals surface area contributed by atoms with Gasteiger partial charge >= 0.3 is 0 Å². The summed E-state index contributed by atoms with van der Waals surface area (Å²) >= 11 is 0. The van der Waals surface area contributed by atoms with Crippen LogP contribution in [0.1, 0.15) is 27.7 Å². The first-order valence-corrected chi connectivity index (χ1v) is 11.2. The number of nitrogens with zero attached hydrogens (tertiary/aromatic N) is 2. The minimum atomic E-state index is -4.06. The zero-order valence-corrected chi connectivity index (χ0v) is 18.6. The quantitative estimate of drug-likeness (QED) is 0.531. The summed E-state index contributed by atoms with van der Waals surface area (Å²) in [5.74, 6) is 0.543. The van der Waals surface area contributed by atoms with Crippen LogP contribution in [0.15, 0.2) is 47.4 Å². The Morgan fingerprint density at radius 1 is 1.23 bits per heavy atom. The number of ether oxygens (including phenoxy) is 1. The summed E-state index contributed by atoms with van der Waals surface area (Å²) in [7, 11) is -4.06. The van der Waals surface area contributed by atoms with Gasteiger partial charge in [0.05, 0.1) is 26.6 Å². The van der Waals surface area contributed by atoms with E-state index in [-0.39, 0.29) is 34.7 Å². The topological polar surface area (TPSA) is 119 Å². The number of rotatable bonds is 6. The Labute approximate surface area is 181 Å². The van der Waals surface area contributed by atoms with Crippen LogP contribution >= 0.6 is 0 Å². The highest BCUT2D eigenvalue weighted by Gasteiger charge is 2.38. The van der Waals surface area contributed by atoms with Crippen LogP contribution < -0.4 is 14.4 Å². The third-order valence-electron chi connectivity index (χ3n) is 4.80. The van der Waals surface area contributed by atoms with Crippen molar-refractivity contribution >= 4 is 33.0 Å². The third kappa shape index (κ3) is 4.79. The number of nitro benzene ring substituents is 1. The molecule has 0 spiro atoms. The molecule has 0 saturated heterocycles. The summed E-state index contributed by atoms with van der Waals surface area (Å²) in [5, 5.41) is 11.0. The van der Waals surface area contributed by atoms with Gasteiger partial charge in [0.25, 0.3) is 15.7 Å². The summed E-state index contributed by atoms with van der Waals surface area (Å²) in [6.45, 7) is 8.27. The number of hydrogen-bond acceptors (Lipinski definition) is 6. The van der Waals surface area contributed by atoms with Crippen molar-refractivity contribution in [2.75, 3.05) is 22.8 Å². The van der Waals surface area contributed by atoms with E-state index in [1.807, 2.05) is 13.8 Å². The van der Waals surface area contributed by atoms with Crippen molar-refractivity contribution in [1.82, 2.24) is 0 Å². The van der Waals surface area contributed by atoms with E-state index in [9.17, 15) is 23.3 Å². The van der Waals surface area contributed by atoms with Crippen molar-refractivity contribution < 1.29 is 22.9 Å². The van der Waals surface area contributed by atoms with Crippen LogP contribution in [0.25, 0.3) is 0 Å². The number of carbonyl (C=O) groups is 1. The lowest BCUT2D eigenvalue weighted by molar-refractivity contribution is -0.385. The highest BCUT2D eigenvalue weighted by atomic mass is 32.2. The standard InChI is InChI=1S/C21H25N3O6S/c1-14(2)12-23-18-9-8-15(10-19(18)30-13-21(3,4)20(23)25)22-31(28,29)17-7-5-6-16(11-17)24(26)27/h5-11,14,22H,12-13H2,1-4H3. The van der Waals surface area contributed by atoms with Gasteiger partial charge in [-0.15, -0.1) is 0 Å². The molecule has 3 rings (SSSR count). The molecule has 0 fully saturated rings. The average Bonchev–Trinajstić information content (AvgIpc) is 2.78. The van der Waals surface area contributed by atoms with Crippen LogP contribution in [-0.2, 0) is 14.8 Å². The predicted octanol–water partition coefficient (Wildman–Crippen LogP) is 3.80. The Hall–Kier alpha value is -3.14. The van der Waals surface area contributed by atoms with Gasteiger partial charge in [-0.2, -0.15) is 0 Å². The average molecular weight is 448 g/mol. The minimum Gasteiger partial charge on any atom is -0.490 e. The Kier molecular flexibility index (Phi) is 5.95. The molecule has 2 aromatic carbocycles. The second-order valence-electron chi connectivity index (χ2n) is 8.52. The van der Waals surface area contributed by atoms with Gasteiger partial charge in [0.1, 0.15) is 12.4 Å². The molecule has 0 saturated carbocycles. The maximum absolute atomic E-state index is 13.0. The van der Waals surface area contributed by atoms with Crippen molar-refractivity contribution in [3.63, 3.8) is 0 Å². The highest BCUT2D eigenvalue weighted by Crippen LogP contribution is 2.39. The SMILES string of the molecule is CC(C)CN1C(=O)C(C)(C)COc2cc(NS(=O)(=O)c3cccc([N+](=O)[O-])c3)ccc21. The molecule has 0 aliphatic carbocycles. The first-order chi connectivity index (χ1) is 14.4. The number of benzene rings is 2. The largest absolute Gasteiger partial charge is 0.490 e. The first-order valence-electron chi connectivity index (χ1n) is 9.77. The highest BCUT2D eigenvalue weighted by molar-refractivity contribution is 7.92. The Morgan fingerprint density at radius 2 is 1.94 bits per heavy atom. The summed E-state index contributed by atoms with van der Waals surface area (Å²) in [4.78, 5) is 24.8. The van der Waals surface area contributed by atoms with Gasteiger partial charge in [-0.25, -0.2) is 8.42 Å². The van der Waals surface area contributed by atoms with Crippen LogP contribution in [0.4, 0.5) is 17.1 Å². The molecular formula is C21H25N3O6S. The third-order valence-corrected chi connectivity index (χ3v) is 6.18. The fourth-order valence-electron chi connectivity index (χ4n) is 3.24. The molecule has 2 aromatic rings. The minimum absolute atomic E-state index is 0.0649. The molecule has 1 N–H and O–H groups in total. The van der Waals surface area contributed by atoms with Gasteiger partial charge in [-0.05, 0) is 38.0 Å². The number of nitrogens with one attached hydrogen (secondary N) is 1. The number of non-ortho nitro benzene ring substituents is 1. The summed E-state index contributed by atoms with van der Waals surface area (Å²) in [6.07, 6.45) is 0. The molecule has 166 valence electrons. The molecule has 1 heterocycles. The van der Waals surface area contributed by atoms with E-state index in [1.165, 1.54) is 30.3 Å². The van der Waals surface area contributed by atoms with Gasteiger partial charge in [0, 0.05) is 24.7 Å². The van der Waals surface area contributed by atoms with Crippen LogP contribution in [0, 0.1) is 21.4 Å². The van der Waals surface area contributed by atoms with Crippen molar-refractivity contribution in [3.8, 4) is 5.75 Å². The molecule has 0 bridgehead atoms. The molecule has 0 atom stereocenters. The van der Waals surface area contributed by atoms with Crippen molar-refractivity contribution in [1.29, 1.82) is 0 Å². The number of anilines is 2. The van der Waals surface area contributed by atoms with Crippen molar-refractivity contribution in [2.24, 2.45) is 11.3 Å². The number of amides is 1. The lowest BCUT2D eigenvalue weighted by Crippen LogP contribution is -2.43. The predicted molar refractivity (Wildman–Crippen MR) is 117 cm³/mol. The fourth-order valence-corrected chi connectivity index (χ4v) is 4.32. The number of sulfonamides is 1. The molecule has 31 heavy (non-hydrogen) atoms. The molecule has 10 heteroatoms. The fraction of sp³-hybridized carbons (Fsp3) is 0.381. The summed E-state index contributed by atoms with van der Waals surface area (Å²) in [5.41, 5.74) is -0.265. The summed E-state index contributed by atoms with van der Waals surface area (Å²) in [6, 6.07) is 9.50. The zero-order valence-electron chi connectivity index (χ0n) is 17.8. The Morgan fingerprint density at radius 3 is 2.58 bits per heavy atom. The summed E-state index contributed by atoms with van der Waals surface area (Å²) < 4.78 is 33.8. The zero-order chi connectivity index (χ0) is 23.0. The van der Waals surface area contributed by atoms with Crippen LogP contribution in [0.5, 0.6) is 5.75 Å². The first kappa shape index (κ1) is 22.5. The van der Waals surface area contributed by atoms with E-state index in [2.05, 4.69) is 4.72 Å². The smallest absolute Gasteiger partial charge is 0.270 e. The molecular weight excluding hydrogens is 422 g/mol. The van der Waals surface area contributed by atoms with Gasteiger partial charge in [0.2, 0.25) is 5.91 Å². The second kappa shape index (κ2) is 8.18. The van der Waals surface area contributed by atoms with Crippen molar-refractivity contribution in [3.05, 3.63) is 52.6 Å². The van der Waals surface area contributed by atoms with Crippen LogP contribution in [0.3, 0.4) is 0 Å². The molecule has 1 aliphatic rings. The number of carbonyl (C=O) groups excluding carboxylic acids is 1. The van der Waals surface area contributed by atoms with E-state index >= 15 is 0 Å². The molecule has 0 unspecified atom stereocenters. The molecule has 9 nitrogen and oxygen atoms in total. The lowest BCUT2D eigenvalue weighted by atomic mass is 9.92. The number of fused-ring (bicyclic) bond motifs is 1. The van der Waals surface area contributed by atoms with E-state index < -0.39 is 20.4 Å². The maximum atomic E-state index is 13.0. The normalized spacial score (nSPS) is 15.8. The Balaban J connectivity index is 1.96. The second-order valence-corrected chi connectivity index (χ2v) is 10.2. The van der Waals surface area contributed by atoms with E-state index in [1.54, 1.807) is 24.8 Å². The molecule has 1 amide bonds. The maximum Gasteiger partial charge on any atom is 0.270 e. The van der Waals surface area contributed by atoms with Gasteiger partial charge in [-0.3, -0.25) is 19.6 Å². The van der Waals surface area contributed by atoms with Crippen LogP contribution in [0.2, 0.25) is 0 Å². The van der Waals surface area contributed by atoms with Gasteiger partial charge < -0.3 is 9.64 Å². The van der Waals surface area contributed by atoms with Gasteiger partial charge in [-0.1, -0.05) is 19.9 Å². The monoisotopic (exact) mass is 447 g/mol. The van der Waals surface area contributed by atoms with E-state index in [4.69, 9.17) is 4.74 Å². The number of hydrogen-bond donors (Lipinski definition) is 1. The number of nitro groups is 1. The van der Waals surface area contributed by atoms with E-state index in [0.29, 0.717) is 18.0 Å². The van der Waals surface area contributed by atoms with Crippen LogP contribution in [-0.4, -0.2) is 32.4 Å². The van der Waals surface area contributed by atoms with Crippen molar-refractivity contribution in [2.45, 2.75) is 32.6 Å². The molecule has 0 aromatic heterocycles. The molecule has 0 radical (unpaired) electrons.